The largest absolute Gasteiger partial charge is 0.339 e. The van der Waals surface area contributed by atoms with Crippen LogP contribution in [-0.2, 0) is 16.4 Å². The molecule has 158 valence electrons. The fourth-order valence-electron chi connectivity index (χ4n) is 3.57. The van der Waals surface area contributed by atoms with Gasteiger partial charge in [-0.3, -0.25) is 0 Å². The lowest BCUT2D eigenvalue weighted by atomic mass is 10.2. The SMILES string of the molecule is Cc1ccc(S(=O)(=O)N2CCN(CCCc3nc(-c4ccccc4)no3)CC2)cc1. The minimum atomic E-state index is -3.42. The van der Waals surface area contributed by atoms with Gasteiger partial charge < -0.3 is 9.42 Å². The molecule has 1 fully saturated rings. The highest BCUT2D eigenvalue weighted by molar-refractivity contribution is 7.89. The van der Waals surface area contributed by atoms with Crippen LogP contribution in [0.1, 0.15) is 17.9 Å². The molecule has 1 aromatic heterocycles. The number of nitrogens with zero attached hydrogens (tertiary/aromatic N) is 4. The third-order valence-electron chi connectivity index (χ3n) is 5.36. The molecule has 2 heterocycles. The number of aryl methyl sites for hydroxylation is 2. The van der Waals surface area contributed by atoms with E-state index in [1.807, 2.05) is 49.4 Å². The van der Waals surface area contributed by atoms with Crippen molar-refractivity contribution in [1.82, 2.24) is 19.3 Å². The molecule has 8 heteroatoms. The number of rotatable bonds is 7. The van der Waals surface area contributed by atoms with Gasteiger partial charge in [-0.25, -0.2) is 8.42 Å². The van der Waals surface area contributed by atoms with Crippen molar-refractivity contribution in [2.24, 2.45) is 0 Å². The highest BCUT2D eigenvalue weighted by atomic mass is 32.2. The highest BCUT2D eigenvalue weighted by Gasteiger charge is 2.28. The van der Waals surface area contributed by atoms with E-state index in [0.29, 0.717) is 36.1 Å². The van der Waals surface area contributed by atoms with Crippen LogP contribution < -0.4 is 0 Å². The quantitative estimate of drug-likeness (QED) is 0.578. The van der Waals surface area contributed by atoms with Crippen molar-refractivity contribution in [3.05, 3.63) is 66.1 Å². The van der Waals surface area contributed by atoms with Crippen molar-refractivity contribution in [3.63, 3.8) is 0 Å². The summed E-state index contributed by atoms with van der Waals surface area (Å²) < 4.78 is 32.5. The summed E-state index contributed by atoms with van der Waals surface area (Å²) in [6.45, 7) is 5.30. The smallest absolute Gasteiger partial charge is 0.243 e. The maximum Gasteiger partial charge on any atom is 0.243 e. The summed E-state index contributed by atoms with van der Waals surface area (Å²) in [5, 5.41) is 4.05. The first kappa shape index (κ1) is 20.7. The molecule has 0 atom stereocenters. The second kappa shape index (κ2) is 9.07. The van der Waals surface area contributed by atoms with Crippen LogP contribution in [0, 0.1) is 6.92 Å². The summed E-state index contributed by atoms with van der Waals surface area (Å²) in [7, 11) is -3.42. The summed E-state index contributed by atoms with van der Waals surface area (Å²) >= 11 is 0. The molecule has 30 heavy (non-hydrogen) atoms. The van der Waals surface area contributed by atoms with Crippen molar-refractivity contribution < 1.29 is 12.9 Å². The second-order valence-corrected chi connectivity index (χ2v) is 9.48. The number of piperazine rings is 1. The van der Waals surface area contributed by atoms with E-state index in [2.05, 4.69) is 15.0 Å². The van der Waals surface area contributed by atoms with Gasteiger partial charge in [0.1, 0.15) is 0 Å². The summed E-state index contributed by atoms with van der Waals surface area (Å²) in [5.41, 5.74) is 1.99. The van der Waals surface area contributed by atoms with Crippen LogP contribution >= 0.6 is 0 Å². The second-order valence-electron chi connectivity index (χ2n) is 7.54. The molecule has 0 unspecified atom stereocenters. The van der Waals surface area contributed by atoms with E-state index < -0.39 is 10.0 Å². The number of benzene rings is 2. The predicted molar refractivity (Wildman–Crippen MR) is 114 cm³/mol. The van der Waals surface area contributed by atoms with E-state index in [9.17, 15) is 8.42 Å². The molecule has 1 aliphatic rings. The Morgan fingerprint density at radius 1 is 0.967 bits per heavy atom. The minimum Gasteiger partial charge on any atom is -0.339 e. The van der Waals surface area contributed by atoms with Crippen LogP contribution in [-0.4, -0.2) is 60.5 Å². The van der Waals surface area contributed by atoms with E-state index in [4.69, 9.17) is 4.52 Å². The number of sulfonamides is 1. The fourth-order valence-corrected chi connectivity index (χ4v) is 4.99. The van der Waals surface area contributed by atoms with Crippen molar-refractivity contribution in [1.29, 1.82) is 0 Å². The van der Waals surface area contributed by atoms with Crippen molar-refractivity contribution in [2.45, 2.75) is 24.7 Å². The normalized spacial score (nSPS) is 16.0. The molecule has 0 saturated carbocycles. The molecule has 1 aliphatic heterocycles. The molecule has 0 amide bonds. The van der Waals surface area contributed by atoms with Gasteiger partial charge in [0.25, 0.3) is 0 Å². The lowest BCUT2D eigenvalue weighted by Crippen LogP contribution is -2.48. The van der Waals surface area contributed by atoms with E-state index in [0.717, 1.165) is 37.2 Å². The molecule has 7 nitrogen and oxygen atoms in total. The predicted octanol–water partition coefficient (Wildman–Crippen LogP) is 2.98. The summed E-state index contributed by atoms with van der Waals surface area (Å²) in [6, 6.07) is 16.8. The average molecular weight is 427 g/mol. The Hall–Kier alpha value is -2.55. The van der Waals surface area contributed by atoms with Gasteiger partial charge in [-0.05, 0) is 32.0 Å². The molecule has 0 radical (unpaired) electrons. The first-order valence-electron chi connectivity index (χ1n) is 10.2. The van der Waals surface area contributed by atoms with Gasteiger partial charge in [0.2, 0.25) is 21.7 Å². The third kappa shape index (κ3) is 4.77. The van der Waals surface area contributed by atoms with Crippen LogP contribution in [0.2, 0.25) is 0 Å². The van der Waals surface area contributed by atoms with Crippen LogP contribution in [0.3, 0.4) is 0 Å². The zero-order valence-electron chi connectivity index (χ0n) is 17.1. The fraction of sp³-hybridized carbons (Fsp3) is 0.364. The standard InChI is InChI=1S/C22H26N4O3S/c1-18-9-11-20(12-10-18)30(27,28)26-16-14-25(15-17-26)13-5-8-21-23-22(24-29-21)19-6-3-2-4-7-19/h2-4,6-7,9-12H,5,8,13-17H2,1H3. The van der Waals surface area contributed by atoms with Gasteiger partial charge in [-0.2, -0.15) is 9.29 Å². The zero-order chi connectivity index (χ0) is 21.0. The van der Waals surface area contributed by atoms with Crippen LogP contribution in [0.4, 0.5) is 0 Å². The Balaban J connectivity index is 1.25. The van der Waals surface area contributed by atoms with Gasteiger partial charge in [0.15, 0.2) is 0 Å². The van der Waals surface area contributed by atoms with Crippen molar-refractivity contribution in [2.75, 3.05) is 32.7 Å². The Morgan fingerprint density at radius 3 is 2.37 bits per heavy atom. The highest BCUT2D eigenvalue weighted by Crippen LogP contribution is 2.19. The average Bonchev–Trinajstić information content (AvgIpc) is 3.24. The van der Waals surface area contributed by atoms with E-state index >= 15 is 0 Å². The molecular weight excluding hydrogens is 400 g/mol. The van der Waals surface area contributed by atoms with Gasteiger partial charge >= 0.3 is 0 Å². The monoisotopic (exact) mass is 426 g/mol. The Kier molecular flexibility index (Phi) is 6.26. The first-order valence-corrected chi connectivity index (χ1v) is 11.6. The molecule has 1 saturated heterocycles. The van der Waals surface area contributed by atoms with E-state index in [1.54, 1.807) is 16.4 Å². The van der Waals surface area contributed by atoms with Crippen LogP contribution in [0.15, 0.2) is 64.0 Å². The molecule has 0 bridgehead atoms. The number of hydrogen-bond acceptors (Lipinski definition) is 6. The van der Waals surface area contributed by atoms with E-state index in [1.165, 1.54) is 0 Å². The summed E-state index contributed by atoms with van der Waals surface area (Å²) in [4.78, 5) is 7.12. The van der Waals surface area contributed by atoms with Crippen molar-refractivity contribution in [3.8, 4) is 11.4 Å². The summed E-state index contributed by atoms with van der Waals surface area (Å²) in [6.07, 6.45) is 1.60. The molecule has 0 aliphatic carbocycles. The lowest BCUT2D eigenvalue weighted by molar-refractivity contribution is 0.185. The van der Waals surface area contributed by atoms with Gasteiger partial charge in [-0.1, -0.05) is 53.2 Å². The van der Waals surface area contributed by atoms with Gasteiger partial charge in [0.05, 0.1) is 4.90 Å². The number of hydrogen-bond donors (Lipinski definition) is 0. The number of aromatic nitrogens is 2. The Bertz CT molecular complexity index is 1060. The van der Waals surface area contributed by atoms with Crippen LogP contribution in [0.25, 0.3) is 11.4 Å². The van der Waals surface area contributed by atoms with Gasteiger partial charge in [-0.15, -0.1) is 0 Å². The Labute approximate surface area is 177 Å². The molecule has 3 aromatic rings. The molecule has 4 rings (SSSR count). The molecule has 0 spiro atoms. The molecular formula is C22H26N4O3S. The maximum absolute atomic E-state index is 12.8. The third-order valence-corrected chi connectivity index (χ3v) is 7.27. The maximum atomic E-state index is 12.8. The summed E-state index contributed by atoms with van der Waals surface area (Å²) in [5.74, 6) is 1.25. The van der Waals surface area contributed by atoms with Crippen LogP contribution in [0.5, 0.6) is 0 Å². The minimum absolute atomic E-state index is 0.368. The molecule has 0 N–H and O–H groups in total. The van der Waals surface area contributed by atoms with E-state index in [-0.39, 0.29) is 0 Å². The molecule has 2 aromatic carbocycles. The zero-order valence-corrected chi connectivity index (χ0v) is 17.9. The first-order chi connectivity index (χ1) is 14.5. The topological polar surface area (TPSA) is 79.5 Å². The Morgan fingerprint density at radius 2 is 1.67 bits per heavy atom. The van der Waals surface area contributed by atoms with Gasteiger partial charge in [0, 0.05) is 38.2 Å². The lowest BCUT2D eigenvalue weighted by Gasteiger charge is -2.33. The van der Waals surface area contributed by atoms with Crippen molar-refractivity contribution >= 4 is 10.0 Å².